The summed E-state index contributed by atoms with van der Waals surface area (Å²) >= 11 is 0. The van der Waals surface area contributed by atoms with E-state index in [1.165, 1.54) is 12.8 Å². The summed E-state index contributed by atoms with van der Waals surface area (Å²) in [6.07, 6.45) is 5.85. The molecule has 0 bridgehead atoms. The molecule has 6 rings (SSSR count). The quantitative estimate of drug-likeness (QED) is 0.447. The van der Waals surface area contributed by atoms with Crippen LogP contribution in [0, 0.1) is 13.8 Å². The molecule has 0 atom stereocenters. The zero-order valence-corrected chi connectivity index (χ0v) is 20.8. The first-order valence-electron chi connectivity index (χ1n) is 12.7. The van der Waals surface area contributed by atoms with E-state index in [1.807, 2.05) is 30.5 Å². The van der Waals surface area contributed by atoms with E-state index in [9.17, 15) is 5.11 Å². The first kappa shape index (κ1) is 22.2. The van der Waals surface area contributed by atoms with Gasteiger partial charge >= 0.3 is 0 Å². The largest absolute Gasteiger partial charge is 0.390 e. The fourth-order valence-corrected chi connectivity index (χ4v) is 5.38. The number of hydrogen-bond acceptors (Lipinski definition) is 7. The van der Waals surface area contributed by atoms with Gasteiger partial charge in [0, 0.05) is 31.3 Å². The molecule has 2 N–H and O–H groups in total. The Morgan fingerprint density at radius 1 is 0.971 bits per heavy atom. The second kappa shape index (κ2) is 8.45. The van der Waals surface area contributed by atoms with Gasteiger partial charge in [-0.2, -0.15) is 9.61 Å². The number of nitrogens with zero attached hydrogens (tertiary/aromatic N) is 6. The molecule has 1 saturated heterocycles. The van der Waals surface area contributed by atoms with Crippen molar-refractivity contribution in [3.05, 3.63) is 41.6 Å². The van der Waals surface area contributed by atoms with Crippen molar-refractivity contribution in [1.82, 2.24) is 24.6 Å². The first-order valence-corrected chi connectivity index (χ1v) is 12.7. The molecule has 35 heavy (non-hydrogen) atoms. The summed E-state index contributed by atoms with van der Waals surface area (Å²) in [5, 5.41) is 19.1. The maximum atomic E-state index is 10.4. The molecule has 0 amide bonds. The minimum absolute atomic E-state index is 0.296. The molecule has 4 heterocycles. The van der Waals surface area contributed by atoms with Crippen LogP contribution in [0.25, 0.3) is 28.1 Å². The SMILES string of the molecule is Cc1ccc2nc(C)c(-c3cc4nc(N5CCCC5)cc(NC5CCC(C)(O)CC5)n4n3)nc2c1. The molecule has 8 nitrogen and oxygen atoms in total. The number of benzene rings is 1. The van der Waals surface area contributed by atoms with Gasteiger partial charge in [0.2, 0.25) is 0 Å². The number of hydrogen-bond donors (Lipinski definition) is 2. The standard InChI is InChI=1S/C27H33N7O/c1-17-6-7-20-21(14-17)30-26(18(2)28-20)22-15-24-31-23(33-12-4-5-13-33)16-25(34(24)32-22)29-19-8-10-27(3,35)11-9-19/h6-7,14-16,19,29,35H,4-5,8-13H2,1-3H3. The van der Waals surface area contributed by atoms with Gasteiger partial charge in [-0.15, -0.1) is 0 Å². The molecule has 0 spiro atoms. The highest BCUT2D eigenvalue weighted by molar-refractivity contribution is 5.79. The lowest BCUT2D eigenvalue weighted by molar-refractivity contribution is 0.0196. The molecule has 1 aliphatic carbocycles. The fraction of sp³-hybridized carbons (Fsp3) is 0.481. The Kier molecular flexibility index (Phi) is 5.36. The van der Waals surface area contributed by atoms with Crippen molar-refractivity contribution in [2.75, 3.05) is 23.3 Å². The third kappa shape index (κ3) is 4.31. The maximum absolute atomic E-state index is 10.4. The van der Waals surface area contributed by atoms with Crippen molar-refractivity contribution in [1.29, 1.82) is 0 Å². The van der Waals surface area contributed by atoms with E-state index in [0.717, 1.165) is 89.7 Å². The normalized spacial score (nSPS) is 22.9. The molecule has 2 aliphatic rings. The number of aliphatic hydroxyl groups is 1. The Morgan fingerprint density at radius 3 is 2.51 bits per heavy atom. The van der Waals surface area contributed by atoms with Gasteiger partial charge in [-0.3, -0.25) is 0 Å². The summed E-state index contributed by atoms with van der Waals surface area (Å²) in [5.74, 6) is 1.93. The third-order valence-electron chi connectivity index (χ3n) is 7.50. The van der Waals surface area contributed by atoms with Crippen LogP contribution in [0.2, 0.25) is 0 Å². The summed E-state index contributed by atoms with van der Waals surface area (Å²) in [4.78, 5) is 17.1. The number of anilines is 2. The van der Waals surface area contributed by atoms with E-state index in [-0.39, 0.29) is 0 Å². The van der Waals surface area contributed by atoms with Crippen LogP contribution < -0.4 is 10.2 Å². The molecule has 8 heteroatoms. The van der Waals surface area contributed by atoms with Crippen LogP contribution in [0.5, 0.6) is 0 Å². The Hall–Kier alpha value is -3.26. The van der Waals surface area contributed by atoms with Gasteiger partial charge in [0.05, 0.1) is 22.3 Å². The predicted octanol–water partition coefficient (Wildman–Crippen LogP) is 4.66. The van der Waals surface area contributed by atoms with Gasteiger partial charge in [-0.25, -0.2) is 15.0 Å². The molecule has 3 aromatic heterocycles. The highest BCUT2D eigenvalue weighted by Crippen LogP contribution is 2.32. The molecular formula is C27H33N7O. The van der Waals surface area contributed by atoms with Crippen LogP contribution in [-0.2, 0) is 0 Å². The van der Waals surface area contributed by atoms with Crippen molar-refractivity contribution in [2.24, 2.45) is 0 Å². The molecule has 1 aliphatic heterocycles. The lowest BCUT2D eigenvalue weighted by Gasteiger charge is -2.34. The second-order valence-corrected chi connectivity index (χ2v) is 10.6. The van der Waals surface area contributed by atoms with Crippen molar-refractivity contribution < 1.29 is 5.11 Å². The minimum atomic E-state index is -0.560. The van der Waals surface area contributed by atoms with Crippen molar-refractivity contribution >= 4 is 28.3 Å². The molecule has 182 valence electrons. The Bertz CT molecular complexity index is 1390. The third-order valence-corrected chi connectivity index (χ3v) is 7.50. The first-order chi connectivity index (χ1) is 16.8. The summed E-state index contributed by atoms with van der Waals surface area (Å²) in [7, 11) is 0. The number of nitrogens with one attached hydrogen (secondary N) is 1. The molecule has 1 aromatic carbocycles. The van der Waals surface area contributed by atoms with Gasteiger partial charge in [0.25, 0.3) is 0 Å². The highest BCUT2D eigenvalue weighted by Gasteiger charge is 2.29. The Labute approximate surface area is 205 Å². The zero-order valence-electron chi connectivity index (χ0n) is 20.8. The zero-order chi connectivity index (χ0) is 24.2. The van der Waals surface area contributed by atoms with Crippen molar-refractivity contribution in [3.63, 3.8) is 0 Å². The lowest BCUT2D eigenvalue weighted by Crippen LogP contribution is -2.36. The molecule has 0 unspecified atom stereocenters. The summed E-state index contributed by atoms with van der Waals surface area (Å²) in [6, 6.07) is 10.6. The van der Waals surface area contributed by atoms with Crippen LogP contribution in [0.3, 0.4) is 0 Å². The van der Waals surface area contributed by atoms with Crippen LogP contribution in [0.1, 0.15) is 56.7 Å². The number of aromatic nitrogens is 5. The molecule has 1 saturated carbocycles. The highest BCUT2D eigenvalue weighted by atomic mass is 16.3. The van der Waals surface area contributed by atoms with Crippen molar-refractivity contribution in [3.8, 4) is 11.4 Å². The molecule has 0 radical (unpaired) electrons. The van der Waals surface area contributed by atoms with E-state index in [2.05, 4.69) is 35.3 Å². The van der Waals surface area contributed by atoms with E-state index in [0.29, 0.717) is 6.04 Å². The maximum Gasteiger partial charge on any atom is 0.160 e. The molecule has 2 fully saturated rings. The van der Waals surface area contributed by atoms with Gasteiger partial charge in [-0.05, 0) is 77.0 Å². The Balaban J connectivity index is 1.42. The lowest BCUT2D eigenvalue weighted by atomic mass is 9.84. The van der Waals surface area contributed by atoms with E-state index in [4.69, 9.17) is 20.1 Å². The van der Waals surface area contributed by atoms with Crippen molar-refractivity contribution in [2.45, 2.75) is 70.9 Å². The Morgan fingerprint density at radius 2 is 1.74 bits per heavy atom. The number of aryl methyl sites for hydroxylation is 2. The van der Waals surface area contributed by atoms with Gasteiger partial charge in [-0.1, -0.05) is 6.07 Å². The van der Waals surface area contributed by atoms with Crippen LogP contribution in [0.15, 0.2) is 30.3 Å². The summed E-state index contributed by atoms with van der Waals surface area (Å²) in [5.41, 5.74) is 5.59. The molecule has 4 aromatic rings. The second-order valence-electron chi connectivity index (χ2n) is 10.6. The van der Waals surface area contributed by atoms with Crippen LogP contribution >= 0.6 is 0 Å². The average Bonchev–Trinajstić information content (AvgIpc) is 3.50. The average molecular weight is 472 g/mol. The predicted molar refractivity (Wildman–Crippen MR) is 139 cm³/mol. The monoisotopic (exact) mass is 471 g/mol. The van der Waals surface area contributed by atoms with Gasteiger partial charge in [0.15, 0.2) is 5.65 Å². The van der Waals surface area contributed by atoms with E-state index >= 15 is 0 Å². The van der Waals surface area contributed by atoms with Crippen LogP contribution in [-0.4, -0.2) is 54.4 Å². The summed E-state index contributed by atoms with van der Waals surface area (Å²) < 4.78 is 1.91. The summed E-state index contributed by atoms with van der Waals surface area (Å²) in [6.45, 7) is 8.06. The van der Waals surface area contributed by atoms with Crippen LogP contribution in [0.4, 0.5) is 11.6 Å². The smallest absolute Gasteiger partial charge is 0.160 e. The van der Waals surface area contributed by atoms with Gasteiger partial charge < -0.3 is 15.3 Å². The molecular weight excluding hydrogens is 438 g/mol. The van der Waals surface area contributed by atoms with E-state index in [1.54, 1.807) is 0 Å². The van der Waals surface area contributed by atoms with Gasteiger partial charge in [0.1, 0.15) is 23.0 Å². The number of fused-ring (bicyclic) bond motifs is 2. The minimum Gasteiger partial charge on any atom is -0.390 e. The fourth-order valence-electron chi connectivity index (χ4n) is 5.38. The number of rotatable bonds is 4. The topological polar surface area (TPSA) is 91.5 Å². The van der Waals surface area contributed by atoms with E-state index < -0.39 is 5.60 Å².